The molecule has 0 atom stereocenters. The molecule has 0 bridgehead atoms. The lowest BCUT2D eigenvalue weighted by Crippen LogP contribution is -2.20. The van der Waals surface area contributed by atoms with E-state index in [0.29, 0.717) is 5.69 Å². The second kappa shape index (κ2) is 5.45. The number of nitrogens with one attached hydrogen (secondary N) is 3. The van der Waals surface area contributed by atoms with Crippen LogP contribution in [0.2, 0.25) is 0 Å². The van der Waals surface area contributed by atoms with Gasteiger partial charge >= 0.3 is 0 Å². The van der Waals surface area contributed by atoms with Crippen LogP contribution in [0.5, 0.6) is 0 Å². The van der Waals surface area contributed by atoms with Crippen molar-refractivity contribution < 1.29 is 0 Å². The van der Waals surface area contributed by atoms with Gasteiger partial charge in [0.1, 0.15) is 5.69 Å². The third-order valence-electron chi connectivity index (χ3n) is 1.81. The Morgan fingerprint density at radius 1 is 1.69 bits per heavy atom. The summed E-state index contributed by atoms with van der Waals surface area (Å²) < 4.78 is 2.21. The van der Waals surface area contributed by atoms with Gasteiger partial charge in [-0.25, -0.2) is 5.53 Å². The highest BCUT2D eigenvalue weighted by Crippen LogP contribution is 2.13. The third kappa shape index (κ3) is 2.93. The molecule has 0 unspecified atom stereocenters. The largest absolute Gasteiger partial charge is 0.391 e. The van der Waals surface area contributed by atoms with E-state index in [2.05, 4.69) is 31.7 Å². The molecule has 86 valence electrons. The summed E-state index contributed by atoms with van der Waals surface area (Å²) in [6.07, 6.45) is 3.15. The van der Waals surface area contributed by atoms with Gasteiger partial charge in [0.05, 0.1) is 0 Å². The first-order valence-corrected chi connectivity index (χ1v) is 5.26. The van der Waals surface area contributed by atoms with Crippen molar-refractivity contribution in [3.05, 3.63) is 39.1 Å². The summed E-state index contributed by atoms with van der Waals surface area (Å²) in [5, 5.41) is 8.74. The molecule has 0 aliphatic heterocycles. The van der Waals surface area contributed by atoms with Crippen LogP contribution >= 0.6 is 15.9 Å². The molecule has 1 rings (SSSR count). The van der Waals surface area contributed by atoms with Crippen LogP contribution in [0, 0.1) is 5.53 Å². The molecule has 3 N–H and O–H groups in total. The predicted molar refractivity (Wildman–Crippen MR) is 65.3 cm³/mol. The standard InChI is InChI=1S/C9H12BrN5O/c1-12-4-8(14-11)13-7-3-6(10)5-15(2)9(7)16/h3-5,11-13H,1-2H3/b8-4-,14-11?. The summed E-state index contributed by atoms with van der Waals surface area (Å²) in [7, 11) is 3.34. The molecule has 1 heterocycles. The summed E-state index contributed by atoms with van der Waals surface area (Å²) in [5.74, 6) is 0.262. The fourth-order valence-electron chi connectivity index (χ4n) is 1.13. The minimum atomic E-state index is -0.186. The maximum atomic E-state index is 11.7. The van der Waals surface area contributed by atoms with Gasteiger partial charge in [0.25, 0.3) is 5.56 Å². The van der Waals surface area contributed by atoms with Gasteiger partial charge in [0.2, 0.25) is 0 Å². The SMILES string of the molecule is CN/C=C(\N=N)Nc1cc(Br)cn(C)c1=O. The van der Waals surface area contributed by atoms with Crippen LogP contribution < -0.4 is 16.2 Å². The molecule has 0 spiro atoms. The monoisotopic (exact) mass is 285 g/mol. The Kier molecular flexibility index (Phi) is 4.24. The highest BCUT2D eigenvalue weighted by atomic mass is 79.9. The Balaban J connectivity index is 3.10. The summed E-state index contributed by atoms with van der Waals surface area (Å²) in [4.78, 5) is 11.7. The molecule has 7 heteroatoms. The Bertz CT molecular complexity index is 479. The lowest BCUT2D eigenvalue weighted by atomic mass is 10.4. The van der Waals surface area contributed by atoms with Gasteiger partial charge in [0, 0.05) is 31.0 Å². The molecule has 0 radical (unpaired) electrons. The number of aryl methyl sites for hydroxylation is 1. The highest BCUT2D eigenvalue weighted by molar-refractivity contribution is 9.10. The molecule has 1 aromatic rings. The van der Waals surface area contributed by atoms with E-state index in [-0.39, 0.29) is 11.4 Å². The zero-order valence-corrected chi connectivity index (χ0v) is 10.5. The number of pyridine rings is 1. The van der Waals surface area contributed by atoms with Crippen molar-refractivity contribution in [2.45, 2.75) is 0 Å². The van der Waals surface area contributed by atoms with Gasteiger partial charge in [0.15, 0.2) is 5.82 Å². The highest BCUT2D eigenvalue weighted by Gasteiger charge is 2.04. The Labute approximate surface area is 101 Å². The summed E-state index contributed by atoms with van der Waals surface area (Å²) in [5.41, 5.74) is 7.09. The van der Waals surface area contributed by atoms with Gasteiger partial charge in [-0.15, -0.1) is 5.11 Å². The van der Waals surface area contributed by atoms with Crippen molar-refractivity contribution in [2.24, 2.45) is 12.2 Å². The average molecular weight is 286 g/mol. The fraction of sp³-hybridized carbons (Fsp3) is 0.222. The van der Waals surface area contributed by atoms with Crippen molar-refractivity contribution in [3.8, 4) is 0 Å². The van der Waals surface area contributed by atoms with Crippen molar-refractivity contribution in [2.75, 3.05) is 12.4 Å². The number of rotatable bonds is 4. The smallest absolute Gasteiger partial charge is 0.274 e. The van der Waals surface area contributed by atoms with E-state index in [4.69, 9.17) is 5.53 Å². The molecule has 0 fully saturated rings. The molecule has 0 aliphatic rings. The number of aromatic nitrogens is 1. The number of nitrogens with zero attached hydrogens (tertiary/aromatic N) is 2. The van der Waals surface area contributed by atoms with Crippen LogP contribution in [0.1, 0.15) is 0 Å². The van der Waals surface area contributed by atoms with Gasteiger partial charge in [-0.05, 0) is 22.0 Å². The first-order valence-electron chi connectivity index (χ1n) is 4.46. The zero-order chi connectivity index (χ0) is 12.1. The maximum Gasteiger partial charge on any atom is 0.274 e. The van der Waals surface area contributed by atoms with Crippen molar-refractivity contribution in [1.29, 1.82) is 5.53 Å². The molecule has 0 amide bonds. The van der Waals surface area contributed by atoms with Crippen LogP contribution in [-0.2, 0) is 7.05 Å². The van der Waals surface area contributed by atoms with Gasteiger partial charge in [-0.3, -0.25) is 4.79 Å². The molecule has 6 nitrogen and oxygen atoms in total. The molecular formula is C9H12BrN5O. The minimum absolute atomic E-state index is 0.186. The molecule has 1 aromatic heterocycles. The number of halogens is 1. The first-order chi connectivity index (χ1) is 7.58. The van der Waals surface area contributed by atoms with Crippen LogP contribution in [-0.4, -0.2) is 11.6 Å². The number of hydrogen-bond acceptors (Lipinski definition) is 5. The van der Waals surface area contributed by atoms with Crippen LogP contribution in [0.4, 0.5) is 5.69 Å². The van der Waals surface area contributed by atoms with Gasteiger partial charge in [-0.1, -0.05) is 0 Å². The minimum Gasteiger partial charge on any atom is -0.391 e. The van der Waals surface area contributed by atoms with E-state index in [0.717, 1.165) is 4.47 Å². The number of hydrogen-bond donors (Lipinski definition) is 3. The Morgan fingerprint density at radius 3 is 2.94 bits per heavy atom. The fourth-order valence-corrected chi connectivity index (χ4v) is 1.67. The van der Waals surface area contributed by atoms with Crippen LogP contribution in [0.25, 0.3) is 0 Å². The normalized spacial score (nSPS) is 11.1. The van der Waals surface area contributed by atoms with Crippen molar-refractivity contribution >= 4 is 21.6 Å². The van der Waals surface area contributed by atoms with E-state index in [1.165, 1.54) is 10.8 Å². The second-order valence-corrected chi connectivity index (χ2v) is 3.96. The summed E-state index contributed by atoms with van der Waals surface area (Å²) >= 11 is 3.29. The lowest BCUT2D eigenvalue weighted by Gasteiger charge is -2.07. The molecule has 0 aliphatic carbocycles. The van der Waals surface area contributed by atoms with E-state index in [1.807, 2.05) is 0 Å². The maximum absolute atomic E-state index is 11.7. The van der Waals surface area contributed by atoms with Crippen LogP contribution in [0.3, 0.4) is 0 Å². The summed E-state index contributed by atoms with van der Waals surface area (Å²) in [6.45, 7) is 0. The van der Waals surface area contributed by atoms with E-state index >= 15 is 0 Å². The molecular weight excluding hydrogens is 274 g/mol. The first kappa shape index (κ1) is 12.4. The summed E-state index contributed by atoms with van der Waals surface area (Å²) in [6, 6.07) is 1.64. The van der Waals surface area contributed by atoms with Crippen LogP contribution in [0.15, 0.2) is 38.7 Å². The Morgan fingerprint density at radius 2 is 2.38 bits per heavy atom. The molecule has 0 saturated heterocycles. The van der Waals surface area contributed by atoms with Gasteiger partial charge < -0.3 is 15.2 Å². The predicted octanol–water partition coefficient (Wildman–Crippen LogP) is 1.61. The average Bonchev–Trinajstić information content (AvgIpc) is 2.24. The Hall–Kier alpha value is -1.63. The van der Waals surface area contributed by atoms with Crippen molar-refractivity contribution in [3.63, 3.8) is 0 Å². The van der Waals surface area contributed by atoms with Gasteiger partial charge in [-0.2, -0.15) is 0 Å². The molecule has 0 saturated carbocycles. The van der Waals surface area contributed by atoms with E-state index in [1.54, 1.807) is 26.4 Å². The molecule has 0 aromatic carbocycles. The van der Waals surface area contributed by atoms with E-state index in [9.17, 15) is 4.79 Å². The topological polar surface area (TPSA) is 82.3 Å². The van der Waals surface area contributed by atoms with Crippen molar-refractivity contribution in [1.82, 2.24) is 9.88 Å². The third-order valence-corrected chi connectivity index (χ3v) is 2.25. The zero-order valence-electron chi connectivity index (χ0n) is 8.91. The van der Waals surface area contributed by atoms with E-state index < -0.39 is 0 Å². The second-order valence-electron chi connectivity index (χ2n) is 3.04. The lowest BCUT2D eigenvalue weighted by molar-refractivity contribution is 0.855. The number of anilines is 1. The molecule has 16 heavy (non-hydrogen) atoms. The quantitative estimate of drug-likeness (QED) is 0.735.